The monoisotopic (exact) mass is 235 g/mol. The number of nitro groups is 1. The second-order valence-corrected chi connectivity index (χ2v) is 3.87. The van der Waals surface area contributed by atoms with Crippen molar-refractivity contribution in [3.63, 3.8) is 0 Å². The third-order valence-corrected chi connectivity index (χ3v) is 2.86. The predicted molar refractivity (Wildman–Crippen MR) is 62.8 cm³/mol. The normalized spacial score (nSPS) is 13.6. The van der Waals surface area contributed by atoms with E-state index in [9.17, 15) is 14.9 Å². The maximum Gasteiger partial charge on any atom is 0.274 e. The van der Waals surface area contributed by atoms with Crippen LogP contribution in [0.25, 0.3) is 0 Å². The molecule has 0 unspecified atom stereocenters. The maximum atomic E-state index is 11.8. The van der Waals surface area contributed by atoms with Gasteiger partial charge >= 0.3 is 0 Å². The predicted octanol–water partition coefficient (Wildman–Crippen LogP) is 0.833. The van der Waals surface area contributed by atoms with Crippen LogP contribution < -0.4 is 10.6 Å². The number of nitrogens with zero attached hydrogens (tertiary/aromatic N) is 2. The number of carbonyl (C=O) groups is 1. The van der Waals surface area contributed by atoms with Gasteiger partial charge in [-0.25, -0.2) is 0 Å². The van der Waals surface area contributed by atoms with E-state index in [-0.39, 0.29) is 18.0 Å². The van der Waals surface area contributed by atoms with Crippen LogP contribution in [-0.4, -0.2) is 23.9 Å². The highest BCUT2D eigenvalue weighted by Gasteiger charge is 2.29. The Labute approximate surface area is 98.2 Å². The minimum atomic E-state index is -0.407. The highest BCUT2D eigenvalue weighted by molar-refractivity contribution is 5.96. The van der Waals surface area contributed by atoms with Gasteiger partial charge < -0.3 is 10.6 Å². The lowest BCUT2D eigenvalue weighted by Gasteiger charge is -2.16. The van der Waals surface area contributed by atoms with Crippen LogP contribution in [0.2, 0.25) is 0 Å². The lowest BCUT2D eigenvalue weighted by molar-refractivity contribution is -0.385. The van der Waals surface area contributed by atoms with Gasteiger partial charge in [0.05, 0.1) is 16.2 Å². The molecule has 0 aromatic heterocycles. The summed E-state index contributed by atoms with van der Waals surface area (Å²) in [5.74, 6) is -0.0771. The molecule has 0 saturated carbocycles. The Kier molecular flexibility index (Phi) is 3.06. The van der Waals surface area contributed by atoms with E-state index in [1.165, 1.54) is 6.07 Å². The van der Waals surface area contributed by atoms with Gasteiger partial charge in [-0.15, -0.1) is 0 Å². The fraction of sp³-hybridized carbons (Fsp3) is 0.364. The number of rotatable bonds is 3. The Morgan fingerprint density at radius 2 is 2.29 bits per heavy atom. The molecule has 1 amide bonds. The fourth-order valence-electron chi connectivity index (χ4n) is 2.10. The number of benzene rings is 1. The molecule has 0 saturated heterocycles. The number of nitro benzene ring substituents is 1. The van der Waals surface area contributed by atoms with E-state index in [1.807, 2.05) is 0 Å². The average molecular weight is 235 g/mol. The van der Waals surface area contributed by atoms with Gasteiger partial charge in [-0.2, -0.15) is 0 Å². The van der Waals surface area contributed by atoms with Crippen LogP contribution in [0.1, 0.15) is 12.0 Å². The van der Waals surface area contributed by atoms with Crippen molar-refractivity contribution >= 4 is 17.3 Å². The molecule has 1 heterocycles. The Hall–Kier alpha value is -1.95. The number of hydrogen-bond donors (Lipinski definition) is 1. The molecule has 1 aromatic carbocycles. The first-order valence-corrected chi connectivity index (χ1v) is 5.42. The number of amides is 1. The Morgan fingerprint density at radius 1 is 1.53 bits per heavy atom. The minimum absolute atomic E-state index is 0.0771. The zero-order valence-corrected chi connectivity index (χ0v) is 9.26. The quantitative estimate of drug-likeness (QED) is 0.620. The van der Waals surface area contributed by atoms with Gasteiger partial charge in [-0.1, -0.05) is 6.07 Å². The van der Waals surface area contributed by atoms with Crippen LogP contribution in [0.3, 0.4) is 0 Å². The van der Waals surface area contributed by atoms with Crippen molar-refractivity contribution in [1.29, 1.82) is 0 Å². The molecule has 1 aliphatic heterocycles. The van der Waals surface area contributed by atoms with E-state index in [0.717, 1.165) is 0 Å². The number of carbonyl (C=O) groups excluding carboxylic acids is 1. The van der Waals surface area contributed by atoms with Crippen LogP contribution in [0, 0.1) is 10.1 Å². The van der Waals surface area contributed by atoms with E-state index in [4.69, 9.17) is 5.73 Å². The molecule has 0 fully saturated rings. The number of hydrogen-bond acceptors (Lipinski definition) is 4. The maximum absolute atomic E-state index is 11.8. The van der Waals surface area contributed by atoms with Gasteiger partial charge in [-0.3, -0.25) is 14.9 Å². The lowest BCUT2D eigenvalue weighted by atomic mass is 10.1. The van der Waals surface area contributed by atoms with E-state index in [2.05, 4.69) is 0 Å². The Bertz CT molecular complexity index is 473. The number of nitrogens with two attached hydrogens (primary N) is 1. The van der Waals surface area contributed by atoms with Crippen molar-refractivity contribution < 1.29 is 9.72 Å². The molecule has 1 aliphatic rings. The van der Waals surface area contributed by atoms with Crippen molar-refractivity contribution in [3.05, 3.63) is 33.9 Å². The minimum Gasteiger partial charge on any atom is -0.330 e. The highest BCUT2D eigenvalue weighted by Crippen LogP contribution is 2.34. The molecule has 17 heavy (non-hydrogen) atoms. The zero-order chi connectivity index (χ0) is 12.4. The van der Waals surface area contributed by atoms with E-state index in [0.29, 0.717) is 30.8 Å². The van der Waals surface area contributed by atoms with Crippen molar-refractivity contribution in [2.45, 2.75) is 12.8 Å². The second-order valence-electron chi connectivity index (χ2n) is 3.87. The van der Waals surface area contributed by atoms with Crippen molar-refractivity contribution in [1.82, 2.24) is 0 Å². The van der Waals surface area contributed by atoms with Crippen molar-refractivity contribution in [2.75, 3.05) is 18.0 Å². The number of anilines is 1. The molecule has 0 bridgehead atoms. The van der Waals surface area contributed by atoms with Crippen molar-refractivity contribution in [3.8, 4) is 0 Å². The largest absolute Gasteiger partial charge is 0.330 e. The Balaban J connectivity index is 2.36. The summed E-state index contributed by atoms with van der Waals surface area (Å²) in [4.78, 5) is 23.8. The second kappa shape index (κ2) is 4.50. The summed E-state index contributed by atoms with van der Waals surface area (Å²) in [6.07, 6.45) is 0.797. The van der Waals surface area contributed by atoms with Gasteiger partial charge in [-0.05, 0) is 12.5 Å². The molecule has 1 aromatic rings. The van der Waals surface area contributed by atoms with E-state index >= 15 is 0 Å². The number of fused-ring (bicyclic) bond motifs is 1. The summed E-state index contributed by atoms with van der Waals surface area (Å²) in [6.45, 7) is 0.790. The molecule has 2 rings (SSSR count). The molecule has 2 N–H and O–H groups in total. The smallest absolute Gasteiger partial charge is 0.274 e. The molecule has 6 heteroatoms. The van der Waals surface area contributed by atoms with Gasteiger partial charge in [0.25, 0.3) is 5.69 Å². The van der Waals surface area contributed by atoms with Gasteiger partial charge in [0, 0.05) is 25.6 Å². The van der Waals surface area contributed by atoms with Gasteiger partial charge in [0.2, 0.25) is 5.91 Å². The molecule has 0 radical (unpaired) electrons. The summed E-state index contributed by atoms with van der Waals surface area (Å²) in [7, 11) is 0. The van der Waals surface area contributed by atoms with Gasteiger partial charge in [0.15, 0.2) is 0 Å². The van der Waals surface area contributed by atoms with Gasteiger partial charge in [0.1, 0.15) is 0 Å². The van der Waals surface area contributed by atoms with E-state index < -0.39 is 4.92 Å². The lowest BCUT2D eigenvalue weighted by Crippen LogP contribution is -2.30. The van der Waals surface area contributed by atoms with Crippen LogP contribution in [0.15, 0.2) is 18.2 Å². The van der Waals surface area contributed by atoms with Crippen LogP contribution in [0.5, 0.6) is 0 Å². The molecule has 90 valence electrons. The SMILES string of the molecule is NCCC(=O)N1CCc2c1cccc2[N+](=O)[O-]. The third-order valence-electron chi connectivity index (χ3n) is 2.86. The molecule has 0 atom stereocenters. The molecule has 6 nitrogen and oxygen atoms in total. The zero-order valence-electron chi connectivity index (χ0n) is 9.26. The first-order chi connectivity index (χ1) is 8.15. The summed E-state index contributed by atoms with van der Waals surface area (Å²) < 4.78 is 0. The fourth-order valence-corrected chi connectivity index (χ4v) is 2.10. The molecule has 0 aliphatic carbocycles. The van der Waals surface area contributed by atoms with Crippen LogP contribution in [0.4, 0.5) is 11.4 Å². The van der Waals surface area contributed by atoms with E-state index in [1.54, 1.807) is 17.0 Å². The van der Waals surface area contributed by atoms with Crippen LogP contribution >= 0.6 is 0 Å². The Morgan fingerprint density at radius 3 is 2.94 bits per heavy atom. The summed E-state index contributed by atoms with van der Waals surface area (Å²) in [6, 6.07) is 4.81. The standard InChI is InChI=1S/C11H13N3O3/c12-6-4-11(15)13-7-5-8-9(13)2-1-3-10(8)14(16)17/h1-3H,4-7,12H2. The first-order valence-electron chi connectivity index (χ1n) is 5.42. The molecular weight excluding hydrogens is 222 g/mol. The molecular formula is C11H13N3O3. The summed E-state index contributed by atoms with van der Waals surface area (Å²) in [5, 5.41) is 10.8. The first kappa shape index (κ1) is 11.5. The van der Waals surface area contributed by atoms with Crippen molar-refractivity contribution in [2.24, 2.45) is 5.73 Å². The topological polar surface area (TPSA) is 89.5 Å². The highest BCUT2D eigenvalue weighted by atomic mass is 16.6. The average Bonchev–Trinajstić information content (AvgIpc) is 2.72. The third kappa shape index (κ3) is 1.99. The van der Waals surface area contributed by atoms with Crippen LogP contribution in [-0.2, 0) is 11.2 Å². The summed E-state index contributed by atoms with van der Waals surface area (Å²) >= 11 is 0. The molecule has 0 spiro atoms. The summed E-state index contributed by atoms with van der Waals surface area (Å²) in [5.41, 5.74) is 6.72.